The zero-order valence-electron chi connectivity index (χ0n) is 12.9. The van der Waals surface area contributed by atoms with Gasteiger partial charge in [0.25, 0.3) is 11.8 Å². The number of rotatable bonds is 5. The number of hydrogen-bond donors (Lipinski definition) is 2. The predicted molar refractivity (Wildman–Crippen MR) is 87.6 cm³/mol. The fraction of sp³-hybridized carbons (Fsp3) is 0.176. The molecule has 0 saturated heterocycles. The highest BCUT2D eigenvalue weighted by molar-refractivity contribution is 6.30. The van der Waals surface area contributed by atoms with Crippen LogP contribution in [0.5, 0.6) is 0 Å². The first-order valence-corrected chi connectivity index (χ1v) is 7.65. The number of carbonyl (C=O) groups excluding carboxylic acids is 2. The Hall–Kier alpha value is -2.54. The zero-order valence-corrected chi connectivity index (χ0v) is 13.6. The first kappa shape index (κ1) is 18.8. The Balaban J connectivity index is 1.88. The molecule has 0 aromatic heterocycles. The zero-order chi connectivity index (χ0) is 18.4. The molecule has 2 amide bonds. The molecule has 0 aliphatic heterocycles. The molecule has 0 fully saturated rings. The van der Waals surface area contributed by atoms with Gasteiger partial charge in [-0.25, -0.2) is 0 Å². The fourth-order valence-electron chi connectivity index (χ4n) is 2.11. The molecular formula is C17H14ClF3N2O2. The maximum atomic E-state index is 12.9. The molecule has 4 nitrogen and oxygen atoms in total. The molecule has 2 rings (SSSR count). The topological polar surface area (TPSA) is 58.2 Å². The van der Waals surface area contributed by atoms with Gasteiger partial charge in [0.05, 0.1) is 11.1 Å². The molecule has 0 aliphatic carbocycles. The van der Waals surface area contributed by atoms with Crippen molar-refractivity contribution in [3.63, 3.8) is 0 Å². The Bertz CT molecular complexity index is 778. The van der Waals surface area contributed by atoms with Gasteiger partial charge < -0.3 is 10.6 Å². The van der Waals surface area contributed by atoms with E-state index in [0.29, 0.717) is 10.6 Å². The average Bonchev–Trinajstić information content (AvgIpc) is 2.57. The lowest BCUT2D eigenvalue weighted by Crippen LogP contribution is -2.35. The summed E-state index contributed by atoms with van der Waals surface area (Å²) in [5, 5.41) is 5.30. The van der Waals surface area contributed by atoms with Gasteiger partial charge >= 0.3 is 6.18 Å². The van der Waals surface area contributed by atoms with E-state index >= 15 is 0 Å². The fourth-order valence-corrected chi connectivity index (χ4v) is 2.30. The minimum Gasteiger partial charge on any atom is -0.350 e. The van der Waals surface area contributed by atoms with Crippen LogP contribution in [0.1, 0.15) is 26.3 Å². The second-order valence-corrected chi connectivity index (χ2v) is 5.50. The molecule has 132 valence electrons. The monoisotopic (exact) mass is 370 g/mol. The first-order valence-electron chi connectivity index (χ1n) is 7.27. The van der Waals surface area contributed by atoms with Crippen LogP contribution in [0.4, 0.5) is 13.2 Å². The summed E-state index contributed by atoms with van der Waals surface area (Å²) in [6.45, 7) is 0.0442. The molecule has 0 radical (unpaired) electrons. The second-order valence-electron chi connectivity index (χ2n) is 5.07. The maximum absolute atomic E-state index is 12.9. The highest BCUT2D eigenvalue weighted by atomic mass is 35.5. The highest BCUT2D eigenvalue weighted by Crippen LogP contribution is 2.31. The van der Waals surface area contributed by atoms with E-state index in [1.165, 1.54) is 18.2 Å². The number of nitrogens with one attached hydrogen (secondary N) is 2. The Kier molecular flexibility index (Phi) is 6.03. The van der Waals surface area contributed by atoms with E-state index < -0.39 is 29.1 Å². The summed E-state index contributed by atoms with van der Waals surface area (Å²) in [5.41, 5.74) is -1.12. The van der Waals surface area contributed by atoms with Crippen molar-refractivity contribution >= 4 is 23.4 Å². The van der Waals surface area contributed by atoms with Crippen LogP contribution in [-0.4, -0.2) is 24.9 Å². The second kappa shape index (κ2) is 8.02. The minimum atomic E-state index is -4.62. The number of amides is 2. The molecule has 0 unspecified atom stereocenters. The van der Waals surface area contributed by atoms with Crippen molar-refractivity contribution in [3.8, 4) is 0 Å². The van der Waals surface area contributed by atoms with Gasteiger partial charge in [0.2, 0.25) is 0 Å². The molecular weight excluding hydrogens is 357 g/mol. The quantitative estimate of drug-likeness (QED) is 0.791. The molecule has 2 N–H and O–H groups in total. The lowest BCUT2D eigenvalue weighted by Gasteiger charge is -2.13. The van der Waals surface area contributed by atoms with Gasteiger partial charge in [-0.2, -0.15) is 13.2 Å². The van der Waals surface area contributed by atoms with Crippen molar-refractivity contribution in [2.75, 3.05) is 13.1 Å². The third-order valence-corrected chi connectivity index (χ3v) is 3.50. The van der Waals surface area contributed by atoms with Gasteiger partial charge in [-0.3, -0.25) is 9.59 Å². The Labute approximate surface area is 147 Å². The average molecular weight is 371 g/mol. The third kappa shape index (κ3) is 5.22. The van der Waals surface area contributed by atoms with Crippen molar-refractivity contribution in [1.29, 1.82) is 0 Å². The van der Waals surface area contributed by atoms with Crippen molar-refractivity contribution in [2.24, 2.45) is 0 Å². The van der Waals surface area contributed by atoms with E-state index in [2.05, 4.69) is 10.6 Å². The molecule has 2 aromatic rings. The SMILES string of the molecule is O=C(NCCNC(=O)c1ccccc1C(F)(F)F)c1cccc(Cl)c1. The van der Waals surface area contributed by atoms with E-state index in [1.54, 1.807) is 18.2 Å². The van der Waals surface area contributed by atoms with Gasteiger partial charge in [-0.05, 0) is 30.3 Å². The summed E-state index contributed by atoms with van der Waals surface area (Å²) >= 11 is 5.78. The van der Waals surface area contributed by atoms with Crippen LogP contribution < -0.4 is 10.6 Å². The number of carbonyl (C=O) groups is 2. The molecule has 0 saturated carbocycles. The Morgan fingerprint density at radius 2 is 1.56 bits per heavy atom. The number of benzene rings is 2. The molecule has 0 heterocycles. The summed E-state index contributed by atoms with van der Waals surface area (Å²) in [7, 11) is 0. The van der Waals surface area contributed by atoms with E-state index in [1.807, 2.05) is 0 Å². The molecule has 0 atom stereocenters. The Morgan fingerprint density at radius 3 is 2.20 bits per heavy atom. The Morgan fingerprint density at radius 1 is 0.920 bits per heavy atom. The van der Waals surface area contributed by atoms with E-state index in [0.717, 1.165) is 12.1 Å². The molecule has 0 spiro atoms. The maximum Gasteiger partial charge on any atom is 0.417 e. The van der Waals surface area contributed by atoms with Gasteiger partial charge in [0.1, 0.15) is 0 Å². The van der Waals surface area contributed by atoms with Crippen LogP contribution in [0.25, 0.3) is 0 Å². The summed E-state index contributed by atoms with van der Waals surface area (Å²) < 4.78 is 38.6. The summed E-state index contributed by atoms with van der Waals surface area (Å²) in [6, 6.07) is 10.8. The summed E-state index contributed by atoms with van der Waals surface area (Å²) in [5.74, 6) is -1.25. The smallest absolute Gasteiger partial charge is 0.350 e. The minimum absolute atomic E-state index is 0.0165. The number of alkyl halides is 3. The van der Waals surface area contributed by atoms with Crippen LogP contribution in [0.15, 0.2) is 48.5 Å². The van der Waals surface area contributed by atoms with Gasteiger partial charge in [-0.1, -0.05) is 29.8 Å². The molecule has 8 heteroatoms. The van der Waals surface area contributed by atoms with Gasteiger partial charge in [-0.15, -0.1) is 0 Å². The highest BCUT2D eigenvalue weighted by Gasteiger charge is 2.34. The largest absolute Gasteiger partial charge is 0.417 e. The van der Waals surface area contributed by atoms with E-state index in [9.17, 15) is 22.8 Å². The standard InChI is InChI=1S/C17H14ClF3N2O2/c18-12-5-3-4-11(10-12)15(24)22-8-9-23-16(25)13-6-1-2-7-14(13)17(19,20)21/h1-7,10H,8-9H2,(H,22,24)(H,23,25). The van der Waals surface area contributed by atoms with E-state index in [4.69, 9.17) is 11.6 Å². The van der Waals surface area contributed by atoms with Crippen LogP contribution in [0.2, 0.25) is 5.02 Å². The van der Waals surface area contributed by atoms with Crippen LogP contribution in [-0.2, 0) is 6.18 Å². The number of hydrogen-bond acceptors (Lipinski definition) is 2. The van der Waals surface area contributed by atoms with Gasteiger partial charge in [0, 0.05) is 23.7 Å². The van der Waals surface area contributed by atoms with Crippen molar-refractivity contribution in [1.82, 2.24) is 10.6 Å². The lowest BCUT2D eigenvalue weighted by molar-refractivity contribution is -0.137. The lowest BCUT2D eigenvalue weighted by atomic mass is 10.1. The molecule has 2 aromatic carbocycles. The van der Waals surface area contributed by atoms with Crippen LogP contribution >= 0.6 is 11.6 Å². The third-order valence-electron chi connectivity index (χ3n) is 3.26. The van der Waals surface area contributed by atoms with Crippen LogP contribution in [0.3, 0.4) is 0 Å². The summed E-state index contributed by atoms with van der Waals surface area (Å²) in [4.78, 5) is 23.8. The van der Waals surface area contributed by atoms with Gasteiger partial charge in [0.15, 0.2) is 0 Å². The van der Waals surface area contributed by atoms with Crippen molar-refractivity contribution in [2.45, 2.75) is 6.18 Å². The summed E-state index contributed by atoms with van der Waals surface area (Å²) in [6.07, 6.45) is -4.62. The molecule has 25 heavy (non-hydrogen) atoms. The first-order chi connectivity index (χ1) is 11.8. The normalized spacial score (nSPS) is 11.0. The molecule has 0 bridgehead atoms. The van der Waals surface area contributed by atoms with Crippen molar-refractivity contribution < 1.29 is 22.8 Å². The predicted octanol–water partition coefficient (Wildman–Crippen LogP) is 3.52. The number of halogens is 4. The van der Waals surface area contributed by atoms with Crippen molar-refractivity contribution in [3.05, 3.63) is 70.2 Å². The van der Waals surface area contributed by atoms with E-state index in [-0.39, 0.29) is 13.1 Å². The van der Waals surface area contributed by atoms with Crippen LogP contribution in [0, 0.1) is 0 Å². The molecule has 0 aliphatic rings.